The molecule has 0 saturated carbocycles. The van der Waals surface area contributed by atoms with Crippen LogP contribution in [0.2, 0.25) is 0 Å². The summed E-state index contributed by atoms with van der Waals surface area (Å²) in [5.74, 6) is -1.11. The van der Waals surface area contributed by atoms with Crippen molar-refractivity contribution >= 4 is 23.3 Å². The lowest BCUT2D eigenvalue weighted by Gasteiger charge is -2.26. The molecule has 0 aliphatic rings. The lowest BCUT2D eigenvalue weighted by atomic mass is 10.1. The highest BCUT2D eigenvalue weighted by molar-refractivity contribution is 5.97. The molecule has 0 aliphatic heterocycles. The molecular weight excluding hydrogens is 268 g/mol. The third-order valence-electron chi connectivity index (χ3n) is 3.17. The van der Waals surface area contributed by atoms with Gasteiger partial charge in [0.2, 0.25) is 5.91 Å². The van der Waals surface area contributed by atoms with Crippen molar-refractivity contribution in [2.75, 3.05) is 23.3 Å². The van der Waals surface area contributed by atoms with Gasteiger partial charge < -0.3 is 15.3 Å². The highest BCUT2D eigenvalue weighted by Crippen LogP contribution is 2.28. The summed E-state index contributed by atoms with van der Waals surface area (Å²) < 4.78 is 0. The standard InChI is InChI=1S/C16H24N2O3/c1-4-9-18(10-5-2)14-8-7-12(16(20)21)11-13(14)17-15(19)6-3/h7-8,11H,4-6,9-10H2,1-3H3,(H,17,19)(H,20,21). The third kappa shape index (κ3) is 4.77. The van der Waals surface area contributed by atoms with E-state index in [0.717, 1.165) is 31.6 Å². The first-order valence-corrected chi connectivity index (χ1v) is 7.45. The number of rotatable bonds is 8. The van der Waals surface area contributed by atoms with Crippen LogP contribution in [0.3, 0.4) is 0 Å². The molecule has 0 heterocycles. The number of carboxylic acids is 1. The van der Waals surface area contributed by atoms with Crippen LogP contribution in [0, 0.1) is 0 Å². The molecule has 5 nitrogen and oxygen atoms in total. The second-order valence-corrected chi connectivity index (χ2v) is 4.93. The molecule has 0 spiro atoms. The third-order valence-corrected chi connectivity index (χ3v) is 3.17. The van der Waals surface area contributed by atoms with Gasteiger partial charge in [0.25, 0.3) is 0 Å². The maximum Gasteiger partial charge on any atom is 0.335 e. The topological polar surface area (TPSA) is 69.6 Å². The Balaban J connectivity index is 3.20. The van der Waals surface area contributed by atoms with Crippen molar-refractivity contribution in [1.29, 1.82) is 0 Å². The molecule has 1 aromatic carbocycles. The van der Waals surface area contributed by atoms with Crippen molar-refractivity contribution in [1.82, 2.24) is 0 Å². The number of carbonyl (C=O) groups excluding carboxylic acids is 1. The Morgan fingerprint density at radius 1 is 1.14 bits per heavy atom. The van der Waals surface area contributed by atoms with E-state index < -0.39 is 5.97 Å². The maximum absolute atomic E-state index is 11.7. The molecule has 0 saturated heterocycles. The van der Waals surface area contributed by atoms with Crippen LogP contribution in [0.4, 0.5) is 11.4 Å². The minimum Gasteiger partial charge on any atom is -0.478 e. The summed E-state index contributed by atoms with van der Waals surface area (Å²) in [5, 5.41) is 11.9. The zero-order valence-electron chi connectivity index (χ0n) is 13.0. The first kappa shape index (κ1) is 17.0. The Hall–Kier alpha value is -2.04. The molecule has 5 heteroatoms. The van der Waals surface area contributed by atoms with Crippen LogP contribution in [0.15, 0.2) is 18.2 Å². The predicted octanol–water partition coefficient (Wildman–Crippen LogP) is 3.36. The van der Waals surface area contributed by atoms with Crippen LogP contribution in [0.5, 0.6) is 0 Å². The van der Waals surface area contributed by atoms with E-state index in [1.807, 2.05) is 0 Å². The molecule has 0 aromatic heterocycles. The summed E-state index contributed by atoms with van der Waals surface area (Å²) >= 11 is 0. The molecule has 116 valence electrons. The van der Waals surface area contributed by atoms with Crippen molar-refractivity contribution in [3.05, 3.63) is 23.8 Å². The summed E-state index contributed by atoms with van der Waals surface area (Å²) in [4.78, 5) is 25.0. The molecule has 0 unspecified atom stereocenters. The Labute approximate surface area is 126 Å². The van der Waals surface area contributed by atoms with Gasteiger partial charge in [-0.1, -0.05) is 20.8 Å². The number of carbonyl (C=O) groups is 2. The monoisotopic (exact) mass is 292 g/mol. The Kier molecular flexibility index (Phi) is 6.72. The molecule has 0 radical (unpaired) electrons. The minimum atomic E-state index is -0.994. The van der Waals surface area contributed by atoms with Gasteiger partial charge in [-0.25, -0.2) is 4.79 Å². The summed E-state index contributed by atoms with van der Waals surface area (Å²) in [6.07, 6.45) is 2.34. The molecule has 1 amide bonds. The Bertz CT molecular complexity index is 494. The maximum atomic E-state index is 11.7. The number of hydrogen-bond acceptors (Lipinski definition) is 3. The van der Waals surface area contributed by atoms with Crippen molar-refractivity contribution in [2.45, 2.75) is 40.0 Å². The van der Waals surface area contributed by atoms with Crippen LogP contribution in [-0.2, 0) is 4.79 Å². The van der Waals surface area contributed by atoms with Crippen LogP contribution in [0.1, 0.15) is 50.4 Å². The van der Waals surface area contributed by atoms with Crippen molar-refractivity contribution < 1.29 is 14.7 Å². The normalized spacial score (nSPS) is 10.2. The Morgan fingerprint density at radius 3 is 2.24 bits per heavy atom. The van der Waals surface area contributed by atoms with E-state index in [9.17, 15) is 9.59 Å². The molecule has 1 aromatic rings. The largest absolute Gasteiger partial charge is 0.478 e. The highest BCUT2D eigenvalue weighted by Gasteiger charge is 2.14. The molecular formula is C16H24N2O3. The van der Waals surface area contributed by atoms with Crippen molar-refractivity contribution in [3.63, 3.8) is 0 Å². The number of nitrogens with one attached hydrogen (secondary N) is 1. The van der Waals surface area contributed by atoms with Gasteiger partial charge in [0.05, 0.1) is 16.9 Å². The molecule has 1 rings (SSSR count). The lowest BCUT2D eigenvalue weighted by Crippen LogP contribution is -2.26. The van der Waals surface area contributed by atoms with Gasteiger partial charge >= 0.3 is 5.97 Å². The fraction of sp³-hybridized carbons (Fsp3) is 0.500. The van der Waals surface area contributed by atoms with Gasteiger partial charge in [-0.15, -0.1) is 0 Å². The number of carboxylic acid groups (broad SMARTS) is 1. The molecule has 0 atom stereocenters. The average molecular weight is 292 g/mol. The van der Waals surface area contributed by atoms with E-state index in [1.54, 1.807) is 19.1 Å². The van der Waals surface area contributed by atoms with Crippen molar-refractivity contribution in [3.8, 4) is 0 Å². The SMILES string of the molecule is CCCN(CCC)c1ccc(C(=O)O)cc1NC(=O)CC. The number of amides is 1. The van der Waals surface area contributed by atoms with Gasteiger partial charge in [0.15, 0.2) is 0 Å². The molecule has 0 fully saturated rings. The smallest absolute Gasteiger partial charge is 0.335 e. The van der Waals surface area contributed by atoms with Gasteiger partial charge in [0.1, 0.15) is 0 Å². The fourth-order valence-corrected chi connectivity index (χ4v) is 2.18. The van der Waals surface area contributed by atoms with E-state index in [1.165, 1.54) is 6.07 Å². The van der Waals surface area contributed by atoms with E-state index in [-0.39, 0.29) is 11.5 Å². The average Bonchev–Trinajstić information content (AvgIpc) is 2.46. The first-order valence-electron chi connectivity index (χ1n) is 7.45. The molecule has 0 bridgehead atoms. The predicted molar refractivity (Wildman–Crippen MR) is 85.1 cm³/mol. The van der Waals surface area contributed by atoms with Crippen LogP contribution >= 0.6 is 0 Å². The summed E-state index contributed by atoms with van der Waals surface area (Å²) in [6, 6.07) is 4.89. The molecule has 0 aliphatic carbocycles. The van der Waals surface area contributed by atoms with E-state index in [4.69, 9.17) is 5.11 Å². The number of anilines is 2. The van der Waals surface area contributed by atoms with E-state index in [0.29, 0.717) is 12.1 Å². The number of benzene rings is 1. The van der Waals surface area contributed by atoms with Gasteiger partial charge in [-0.05, 0) is 31.0 Å². The lowest BCUT2D eigenvalue weighted by molar-refractivity contribution is -0.115. The first-order chi connectivity index (χ1) is 10.0. The fourth-order valence-electron chi connectivity index (χ4n) is 2.18. The van der Waals surface area contributed by atoms with E-state index >= 15 is 0 Å². The second kappa shape index (κ2) is 8.29. The molecule has 21 heavy (non-hydrogen) atoms. The van der Waals surface area contributed by atoms with Gasteiger partial charge in [0, 0.05) is 19.5 Å². The highest BCUT2D eigenvalue weighted by atomic mass is 16.4. The zero-order valence-corrected chi connectivity index (χ0v) is 13.0. The second-order valence-electron chi connectivity index (χ2n) is 4.93. The minimum absolute atomic E-state index is 0.119. The zero-order chi connectivity index (χ0) is 15.8. The Morgan fingerprint density at radius 2 is 1.76 bits per heavy atom. The number of nitrogens with zero attached hydrogens (tertiary/aromatic N) is 1. The van der Waals surface area contributed by atoms with Crippen LogP contribution in [-0.4, -0.2) is 30.1 Å². The quantitative estimate of drug-likeness (QED) is 0.771. The van der Waals surface area contributed by atoms with E-state index in [2.05, 4.69) is 24.1 Å². The van der Waals surface area contributed by atoms with Gasteiger partial charge in [-0.3, -0.25) is 4.79 Å². The number of hydrogen-bond donors (Lipinski definition) is 2. The summed E-state index contributed by atoms with van der Waals surface area (Å²) in [5.41, 5.74) is 1.63. The van der Waals surface area contributed by atoms with Crippen LogP contribution in [0.25, 0.3) is 0 Å². The number of aromatic carboxylic acids is 1. The summed E-state index contributed by atoms with van der Waals surface area (Å²) in [7, 11) is 0. The van der Waals surface area contributed by atoms with Crippen LogP contribution < -0.4 is 10.2 Å². The van der Waals surface area contributed by atoms with Gasteiger partial charge in [-0.2, -0.15) is 0 Å². The van der Waals surface area contributed by atoms with Crippen molar-refractivity contribution in [2.24, 2.45) is 0 Å². The summed E-state index contributed by atoms with van der Waals surface area (Å²) in [6.45, 7) is 7.70. The molecule has 2 N–H and O–H groups in total.